The Bertz CT molecular complexity index is 886. The van der Waals surface area contributed by atoms with E-state index in [4.69, 9.17) is 4.42 Å². The molecule has 140 valence electrons. The van der Waals surface area contributed by atoms with Gasteiger partial charge in [-0.25, -0.2) is 4.79 Å². The Labute approximate surface area is 158 Å². The Hall–Kier alpha value is -3.02. The van der Waals surface area contributed by atoms with E-state index in [9.17, 15) is 9.59 Å². The maximum absolute atomic E-state index is 13.2. The smallest absolute Gasteiger partial charge is 0.322 e. The number of Topliss-reactive ketones (excluding diaryl/α,β-unsaturated/α-hetero) is 1. The standard InChI is InChI=1S/C21H23N3O3/c1-2-12-22-21(26)24-16-9-4-3-7-14(16)23-15-8-5-10-17(25)19(15)20(24)18-11-6-13-27-18/h3-4,6-7,9,11,13,20,23H,2,5,8,10,12H2,1H3,(H,22,26)/t20-/m1/s1. The van der Waals surface area contributed by atoms with Gasteiger partial charge in [-0.1, -0.05) is 19.1 Å². The molecular formula is C21H23N3O3. The molecule has 1 aliphatic heterocycles. The number of carbonyl (C=O) groups excluding carboxylic acids is 2. The molecule has 6 heteroatoms. The topological polar surface area (TPSA) is 74.6 Å². The number of ketones is 1. The number of urea groups is 1. The molecule has 1 aliphatic carbocycles. The van der Waals surface area contributed by atoms with Crippen LogP contribution in [-0.2, 0) is 4.79 Å². The minimum absolute atomic E-state index is 0.0613. The van der Waals surface area contributed by atoms with Crippen molar-refractivity contribution in [3.63, 3.8) is 0 Å². The molecule has 0 fully saturated rings. The first-order valence-corrected chi connectivity index (χ1v) is 9.43. The van der Waals surface area contributed by atoms with Crippen LogP contribution in [0.15, 0.2) is 58.3 Å². The van der Waals surface area contributed by atoms with Gasteiger partial charge in [0.1, 0.15) is 11.8 Å². The number of anilines is 2. The number of rotatable bonds is 3. The van der Waals surface area contributed by atoms with Crippen LogP contribution in [0.4, 0.5) is 16.2 Å². The van der Waals surface area contributed by atoms with Gasteiger partial charge in [-0.3, -0.25) is 9.69 Å². The SMILES string of the molecule is CCCNC(=O)N1c2ccccc2NC2=C(C(=O)CCC2)[C@H]1c1ccco1. The number of carbonyl (C=O) groups is 2. The molecule has 0 saturated carbocycles. The number of fused-ring (bicyclic) bond motifs is 1. The van der Waals surface area contributed by atoms with Crippen LogP contribution >= 0.6 is 0 Å². The molecule has 2 N–H and O–H groups in total. The van der Waals surface area contributed by atoms with Gasteiger partial charge in [-0.05, 0) is 43.5 Å². The highest BCUT2D eigenvalue weighted by atomic mass is 16.3. The van der Waals surface area contributed by atoms with Crippen molar-refractivity contribution in [1.29, 1.82) is 0 Å². The summed E-state index contributed by atoms with van der Waals surface area (Å²) in [5, 5.41) is 6.38. The molecule has 1 aromatic carbocycles. The summed E-state index contributed by atoms with van der Waals surface area (Å²) >= 11 is 0. The Morgan fingerprint density at radius 3 is 2.89 bits per heavy atom. The first kappa shape index (κ1) is 17.4. The summed E-state index contributed by atoms with van der Waals surface area (Å²) < 4.78 is 5.69. The molecule has 2 aliphatic rings. The van der Waals surface area contributed by atoms with Crippen molar-refractivity contribution in [2.24, 2.45) is 0 Å². The van der Waals surface area contributed by atoms with Crippen LogP contribution in [0.1, 0.15) is 44.4 Å². The van der Waals surface area contributed by atoms with Gasteiger partial charge >= 0.3 is 6.03 Å². The summed E-state index contributed by atoms with van der Waals surface area (Å²) in [6, 6.07) is 10.4. The van der Waals surface area contributed by atoms with Crippen LogP contribution in [0.5, 0.6) is 0 Å². The van der Waals surface area contributed by atoms with Gasteiger partial charge < -0.3 is 15.1 Å². The highest BCUT2D eigenvalue weighted by molar-refractivity contribution is 6.05. The zero-order chi connectivity index (χ0) is 18.8. The van der Waals surface area contributed by atoms with Crippen molar-refractivity contribution in [3.05, 3.63) is 59.7 Å². The fraction of sp³-hybridized carbons (Fsp3) is 0.333. The van der Waals surface area contributed by atoms with Crippen LogP contribution in [0, 0.1) is 0 Å². The largest absolute Gasteiger partial charge is 0.467 e. The number of hydrogen-bond donors (Lipinski definition) is 2. The fourth-order valence-corrected chi connectivity index (χ4v) is 3.79. The third-order valence-electron chi connectivity index (χ3n) is 4.99. The van der Waals surface area contributed by atoms with Gasteiger partial charge in [0.25, 0.3) is 0 Å². The number of hydrogen-bond acceptors (Lipinski definition) is 4. The Morgan fingerprint density at radius 2 is 2.11 bits per heavy atom. The van der Waals surface area contributed by atoms with E-state index in [1.165, 1.54) is 0 Å². The van der Waals surface area contributed by atoms with E-state index in [0.29, 0.717) is 24.3 Å². The number of benzene rings is 1. The van der Waals surface area contributed by atoms with E-state index >= 15 is 0 Å². The van der Waals surface area contributed by atoms with Crippen molar-refractivity contribution in [3.8, 4) is 0 Å². The Morgan fingerprint density at radius 1 is 1.26 bits per heavy atom. The van der Waals surface area contributed by atoms with Crippen molar-refractivity contribution in [2.75, 3.05) is 16.8 Å². The molecule has 0 unspecified atom stereocenters. The third-order valence-corrected chi connectivity index (χ3v) is 4.99. The number of para-hydroxylation sites is 2. The molecule has 2 heterocycles. The van der Waals surface area contributed by atoms with Gasteiger partial charge in [0.05, 0.1) is 17.6 Å². The molecule has 1 atom stereocenters. The van der Waals surface area contributed by atoms with E-state index in [1.807, 2.05) is 37.3 Å². The van der Waals surface area contributed by atoms with Crippen LogP contribution < -0.4 is 15.5 Å². The number of nitrogens with one attached hydrogen (secondary N) is 2. The fourth-order valence-electron chi connectivity index (χ4n) is 3.79. The molecule has 4 rings (SSSR count). The molecule has 0 radical (unpaired) electrons. The summed E-state index contributed by atoms with van der Waals surface area (Å²) in [6.45, 7) is 2.57. The molecule has 0 saturated heterocycles. The summed E-state index contributed by atoms with van der Waals surface area (Å²) in [4.78, 5) is 27.7. The molecule has 0 spiro atoms. The lowest BCUT2D eigenvalue weighted by molar-refractivity contribution is -0.116. The monoisotopic (exact) mass is 365 g/mol. The third kappa shape index (κ3) is 3.12. The van der Waals surface area contributed by atoms with Crippen molar-refractivity contribution in [1.82, 2.24) is 5.32 Å². The Balaban J connectivity index is 1.92. The minimum Gasteiger partial charge on any atom is -0.467 e. The predicted molar refractivity (Wildman–Crippen MR) is 104 cm³/mol. The van der Waals surface area contributed by atoms with E-state index in [1.54, 1.807) is 17.2 Å². The summed E-state index contributed by atoms with van der Waals surface area (Å²) in [7, 11) is 0. The second-order valence-electron chi connectivity index (χ2n) is 6.83. The lowest BCUT2D eigenvalue weighted by Gasteiger charge is -2.32. The van der Waals surface area contributed by atoms with Gasteiger partial charge in [0.15, 0.2) is 5.78 Å². The number of nitrogens with zero attached hydrogens (tertiary/aromatic N) is 1. The van der Waals surface area contributed by atoms with Crippen LogP contribution in [0.25, 0.3) is 0 Å². The summed E-state index contributed by atoms with van der Waals surface area (Å²) in [6.07, 6.45) is 4.47. The summed E-state index contributed by atoms with van der Waals surface area (Å²) in [5.41, 5.74) is 3.06. The molecule has 2 aromatic rings. The van der Waals surface area contributed by atoms with Gasteiger partial charge in [0, 0.05) is 24.2 Å². The maximum atomic E-state index is 13.2. The second-order valence-corrected chi connectivity index (χ2v) is 6.83. The Kier molecular flexibility index (Phi) is 4.71. The van der Waals surface area contributed by atoms with Crippen molar-refractivity contribution < 1.29 is 14.0 Å². The van der Waals surface area contributed by atoms with Crippen molar-refractivity contribution in [2.45, 2.75) is 38.6 Å². The molecule has 2 amide bonds. The first-order chi connectivity index (χ1) is 13.2. The average molecular weight is 365 g/mol. The normalized spacial score (nSPS) is 19.1. The maximum Gasteiger partial charge on any atom is 0.322 e. The van der Waals surface area contributed by atoms with Gasteiger partial charge in [0.2, 0.25) is 0 Å². The zero-order valence-electron chi connectivity index (χ0n) is 15.3. The van der Waals surface area contributed by atoms with Gasteiger partial charge in [-0.15, -0.1) is 0 Å². The van der Waals surface area contributed by atoms with E-state index < -0.39 is 6.04 Å². The van der Waals surface area contributed by atoms with Crippen LogP contribution in [0.3, 0.4) is 0 Å². The minimum atomic E-state index is -0.587. The van der Waals surface area contributed by atoms with Gasteiger partial charge in [-0.2, -0.15) is 0 Å². The number of allylic oxidation sites excluding steroid dienone is 1. The lowest BCUT2D eigenvalue weighted by atomic mass is 9.88. The first-order valence-electron chi connectivity index (χ1n) is 9.43. The van der Waals surface area contributed by atoms with Crippen molar-refractivity contribution >= 4 is 23.2 Å². The molecule has 27 heavy (non-hydrogen) atoms. The second kappa shape index (κ2) is 7.31. The highest BCUT2D eigenvalue weighted by Gasteiger charge is 2.40. The van der Waals surface area contributed by atoms with E-state index in [-0.39, 0.29) is 11.8 Å². The molecule has 0 bridgehead atoms. The zero-order valence-corrected chi connectivity index (χ0v) is 15.3. The lowest BCUT2D eigenvalue weighted by Crippen LogP contribution is -2.44. The van der Waals surface area contributed by atoms with Crippen LogP contribution in [0.2, 0.25) is 0 Å². The predicted octanol–water partition coefficient (Wildman–Crippen LogP) is 4.38. The molecular weight excluding hydrogens is 342 g/mol. The van der Waals surface area contributed by atoms with E-state index in [0.717, 1.165) is 36.3 Å². The quantitative estimate of drug-likeness (QED) is 0.846. The molecule has 6 nitrogen and oxygen atoms in total. The molecule has 1 aromatic heterocycles. The number of amides is 2. The highest BCUT2D eigenvalue weighted by Crippen LogP contribution is 2.44. The van der Waals surface area contributed by atoms with E-state index in [2.05, 4.69) is 10.6 Å². The summed E-state index contributed by atoms with van der Waals surface area (Å²) in [5.74, 6) is 0.647. The number of furan rings is 1. The van der Waals surface area contributed by atoms with Crippen LogP contribution in [-0.4, -0.2) is 18.4 Å². The average Bonchev–Trinajstić information content (AvgIpc) is 3.15.